The van der Waals surface area contributed by atoms with Crippen molar-refractivity contribution >= 4 is 45.9 Å². The molecular formula is C48H60N2NiO4. The number of hydrogen-bond acceptors (Lipinski definition) is 6. The number of aliphatic hydroxyl groups is 2. The molecular weight excluding hydrogens is 727 g/mol. The third kappa shape index (κ3) is 15.8. The Balaban J connectivity index is 0.000000494. The smallest absolute Gasteiger partial charge is 0.156 e. The van der Waals surface area contributed by atoms with Crippen LogP contribution < -0.4 is 0 Å². The maximum absolute atomic E-state index is 10.6. The number of allylic oxidation sites excluding steroid dienone is 2. The summed E-state index contributed by atoms with van der Waals surface area (Å²) in [7, 11) is 0. The van der Waals surface area contributed by atoms with Gasteiger partial charge in [-0.2, -0.15) is 0 Å². The zero-order chi connectivity index (χ0) is 40.5. The summed E-state index contributed by atoms with van der Waals surface area (Å²) in [5.41, 5.74) is 10.7. The van der Waals surface area contributed by atoms with E-state index in [-0.39, 0.29) is 39.6 Å². The molecule has 0 spiro atoms. The van der Waals surface area contributed by atoms with Crippen LogP contribution >= 0.6 is 0 Å². The first kappa shape index (κ1) is 48.2. The van der Waals surface area contributed by atoms with Crippen LogP contribution in [0.5, 0.6) is 0 Å². The Kier molecular flexibility index (Phi) is 20.9. The third-order valence-electron chi connectivity index (χ3n) is 8.59. The molecule has 0 saturated carbocycles. The van der Waals surface area contributed by atoms with Crippen LogP contribution in [0.2, 0.25) is 0 Å². The van der Waals surface area contributed by atoms with Crippen LogP contribution in [0.4, 0.5) is 11.4 Å². The van der Waals surface area contributed by atoms with Gasteiger partial charge in [-0.3, -0.25) is 19.6 Å². The summed E-state index contributed by atoms with van der Waals surface area (Å²) in [6.45, 7) is 24.9. The molecule has 0 saturated heterocycles. The largest absolute Gasteiger partial charge is 0.507 e. The number of para-hydroxylation sites is 2. The minimum Gasteiger partial charge on any atom is -0.507 e. The van der Waals surface area contributed by atoms with Gasteiger partial charge in [-0.25, -0.2) is 0 Å². The summed E-state index contributed by atoms with van der Waals surface area (Å²) in [4.78, 5) is 31.4. The Morgan fingerprint density at radius 3 is 0.927 bits per heavy atom. The van der Waals surface area contributed by atoms with E-state index in [4.69, 9.17) is 9.98 Å². The first-order chi connectivity index (χ1) is 25.4. The molecule has 0 aromatic heterocycles. The average molecular weight is 788 g/mol. The van der Waals surface area contributed by atoms with Gasteiger partial charge < -0.3 is 10.2 Å². The van der Waals surface area contributed by atoms with Crippen LogP contribution in [0, 0.1) is 0 Å². The van der Waals surface area contributed by atoms with Crippen molar-refractivity contribution in [1.29, 1.82) is 0 Å². The standard InChI is InChI=1S/C28H40N2.2C10H10O2.Ni/c1-17(2)23-13-11-14-24(18(3)4)27(23)29-21(9)22(10)30-28-25(19(5)6)15-12-16-26(28)20(7)8;2*1-8(11)7-10(12)9-5-3-2-4-6-9;/h11-20H,1-10H3;2*2-7,12H,1H3;/b;2*10-7-;. The SMILES string of the molecule is CC(=Nc1c(C(C)C)cccc1C(C)C)C(C)=Nc1c(C(C)C)cccc1C(C)C.CC(=O)/C=C(\O)c1ccccc1.CC(=O)/C=C(\O)c1ccccc1.[Ni]. The van der Waals surface area contributed by atoms with E-state index in [1.807, 2.05) is 12.1 Å². The number of carbonyl (C=O) groups is 2. The number of aliphatic hydroxyl groups excluding tert-OH is 2. The predicted molar refractivity (Wildman–Crippen MR) is 230 cm³/mol. The summed E-state index contributed by atoms with van der Waals surface area (Å²) in [5.74, 6) is 1.45. The molecule has 0 bridgehead atoms. The van der Waals surface area contributed by atoms with Crippen molar-refractivity contribution in [3.63, 3.8) is 0 Å². The van der Waals surface area contributed by atoms with E-state index in [0.29, 0.717) is 34.8 Å². The van der Waals surface area contributed by atoms with Crippen LogP contribution in [-0.2, 0) is 26.1 Å². The molecule has 4 aromatic rings. The normalized spacial score (nSPS) is 12.1. The van der Waals surface area contributed by atoms with Gasteiger partial charge in [-0.15, -0.1) is 0 Å². The molecule has 296 valence electrons. The van der Waals surface area contributed by atoms with Gasteiger partial charge in [0.05, 0.1) is 22.8 Å². The third-order valence-corrected chi connectivity index (χ3v) is 8.59. The Labute approximate surface area is 340 Å². The molecule has 6 nitrogen and oxygen atoms in total. The molecule has 4 rings (SSSR count). The van der Waals surface area contributed by atoms with Crippen LogP contribution in [-0.4, -0.2) is 33.2 Å². The fourth-order valence-electron chi connectivity index (χ4n) is 5.55. The van der Waals surface area contributed by atoms with Gasteiger partial charge in [0.15, 0.2) is 11.6 Å². The van der Waals surface area contributed by atoms with E-state index in [9.17, 15) is 19.8 Å². The van der Waals surface area contributed by atoms with Gasteiger partial charge in [0, 0.05) is 39.8 Å². The van der Waals surface area contributed by atoms with Gasteiger partial charge in [-0.05, 0) is 73.6 Å². The summed E-state index contributed by atoms with van der Waals surface area (Å²) in [6.07, 6.45) is 2.41. The van der Waals surface area contributed by atoms with E-state index in [0.717, 1.165) is 22.8 Å². The molecule has 0 heterocycles. The van der Waals surface area contributed by atoms with Crippen molar-refractivity contribution in [3.05, 3.63) is 143 Å². The minimum atomic E-state index is -0.156. The Morgan fingerprint density at radius 2 is 0.709 bits per heavy atom. The molecule has 0 aliphatic carbocycles. The monoisotopic (exact) mass is 786 g/mol. The average Bonchev–Trinajstić information content (AvgIpc) is 3.12. The number of hydrogen-bond donors (Lipinski definition) is 2. The van der Waals surface area contributed by atoms with E-state index in [1.54, 1.807) is 48.5 Å². The summed E-state index contributed by atoms with van der Waals surface area (Å²) >= 11 is 0. The van der Waals surface area contributed by atoms with E-state index >= 15 is 0 Å². The quantitative estimate of drug-likeness (QED) is 0.0684. The Hall–Kier alpha value is -4.87. The molecule has 0 radical (unpaired) electrons. The van der Waals surface area contributed by atoms with Crippen LogP contribution in [0.3, 0.4) is 0 Å². The second-order valence-electron chi connectivity index (χ2n) is 14.6. The van der Waals surface area contributed by atoms with E-state index in [2.05, 4.69) is 106 Å². The van der Waals surface area contributed by atoms with Gasteiger partial charge in [0.1, 0.15) is 11.5 Å². The molecule has 0 fully saturated rings. The fourth-order valence-corrected chi connectivity index (χ4v) is 5.55. The number of carbonyl (C=O) groups excluding carboxylic acids is 2. The van der Waals surface area contributed by atoms with Crippen LogP contribution in [0.25, 0.3) is 11.5 Å². The summed E-state index contributed by atoms with van der Waals surface area (Å²) < 4.78 is 0. The van der Waals surface area contributed by atoms with Crippen molar-refractivity contribution in [2.75, 3.05) is 0 Å². The number of aliphatic imine (C=N–C) groups is 2. The Morgan fingerprint density at radius 1 is 0.455 bits per heavy atom. The zero-order valence-corrected chi connectivity index (χ0v) is 35.6. The number of benzene rings is 4. The van der Waals surface area contributed by atoms with Gasteiger partial charge in [0.2, 0.25) is 0 Å². The van der Waals surface area contributed by atoms with Crippen molar-refractivity contribution in [2.24, 2.45) is 9.98 Å². The van der Waals surface area contributed by atoms with Crippen molar-refractivity contribution < 1.29 is 36.3 Å². The van der Waals surface area contributed by atoms with Gasteiger partial charge >= 0.3 is 0 Å². The molecule has 55 heavy (non-hydrogen) atoms. The molecule has 0 atom stereocenters. The van der Waals surface area contributed by atoms with Gasteiger partial charge in [-0.1, -0.05) is 152 Å². The Bertz CT molecular complexity index is 1760. The topological polar surface area (TPSA) is 99.3 Å². The maximum atomic E-state index is 10.6. The first-order valence-electron chi connectivity index (χ1n) is 18.7. The molecule has 0 unspecified atom stereocenters. The number of rotatable bonds is 11. The first-order valence-corrected chi connectivity index (χ1v) is 18.7. The molecule has 4 aromatic carbocycles. The summed E-state index contributed by atoms with van der Waals surface area (Å²) in [5, 5.41) is 18.7. The van der Waals surface area contributed by atoms with Gasteiger partial charge in [0.25, 0.3) is 0 Å². The predicted octanol–water partition coefficient (Wildman–Crippen LogP) is 13.4. The van der Waals surface area contributed by atoms with Crippen molar-refractivity contribution in [1.82, 2.24) is 0 Å². The molecule has 2 N–H and O–H groups in total. The maximum Gasteiger partial charge on any atom is 0.156 e. The van der Waals surface area contributed by atoms with Crippen LogP contribution in [0.15, 0.2) is 119 Å². The van der Waals surface area contributed by atoms with E-state index in [1.165, 1.54) is 48.3 Å². The van der Waals surface area contributed by atoms with E-state index < -0.39 is 0 Å². The number of ketones is 2. The second kappa shape index (κ2) is 23.8. The van der Waals surface area contributed by atoms with Crippen molar-refractivity contribution in [2.45, 2.75) is 107 Å². The van der Waals surface area contributed by atoms with Crippen LogP contribution in [0.1, 0.15) is 140 Å². The van der Waals surface area contributed by atoms with Crippen molar-refractivity contribution in [3.8, 4) is 0 Å². The molecule has 0 aliphatic rings. The summed E-state index contributed by atoms with van der Waals surface area (Å²) in [6, 6.07) is 31.1. The molecule has 0 amide bonds. The number of nitrogens with zero attached hydrogens (tertiary/aromatic N) is 2. The zero-order valence-electron chi connectivity index (χ0n) is 34.6. The minimum absolute atomic E-state index is 0. The molecule has 0 aliphatic heterocycles. The molecule has 7 heteroatoms. The second-order valence-corrected chi connectivity index (χ2v) is 14.6. The fraction of sp³-hybridized carbons (Fsp3) is 0.333.